The van der Waals surface area contributed by atoms with Crippen molar-refractivity contribution in [2.75, 3.05) is 163 Å². The van der Waals surface area contributed by atoms with E-state index in [0.29, 0.717) is 19.6 Å². The van der Waals surface area contributed by atoms with Crippen LogP contribution in [0.25, 0.3) is 0 Å². The molecule has 0 radical (unpaired) electrons. The Bertz CT molecular complexity index is 1000. The quantitative estimate of drug-likeness (QED) is 0.108. The lowest BCUT2D eigenvalue weighted by molar-refractivity contribution is -0.120. The number of amides is 6. The van der Waals surface area contributed by atoms with Crippen LogP contribution in [0.4, 0.5) is 14.4 Å². The maximum atomic E-state index is 10.3. The predicted octanol–water partition coefficient (Wildman–Crippen LogP) is 20.7. The van der Waals surface area contributed by atoms with Gasteiger partial charge in [0.25, 0.3) is 0 Å². The first-order valence-corrected chi connectivity index (χ1v) is 44.1. The second-order valence-corrected chi connectivity index (χ2v) is 15.2. The van der Waals surface area contributed by atoms with Crippen molar-refractivity contribution in [2.45, 2.75) is 335 Å². The number of carbonyl (C=O) groups is 4. The summed E-state index contributed by atoms with van der Waals surface area (Å²) < 4.78 is 24.2. The van der Waals surface area contributed by atoms with E-state index in [4.69, 9.17) is 18.9 Å². The number of rotatable bonds is 0. The molecule has 650 valence electrons. The van der Waals surface area contributed by atoms with E-state index in [1.165, 1.54) is 57.3 Å². The number of hydrogen-bond donors (Lipinski definition) is 10. The lowest BCUT2D eigenvalue weighted by Gasteiger charge is -2.11. The van der Waals surface area contributed by atoms with Crippen molar-refractivity contribution >= 4 is 54.1 Å². The Morgan fingerprint density at radius 3 is 0.817 bits per heavy atom. The molecule has 0 aromatic heterocycles. The average molecular weight is 1530 g/mol. The van der Waals surface area contributed by atoms with Crippen LogP contribution in [0.2, 0.25) is 0 Å². The highest BCUT2D eigenvalue weighted by Gasteiger charge is 2.12. The van der Waals surface area contributed by atoms with E-state index < -0.39 is 0 Å². The first kappa shape index (κ1) is 153. The molecule has 0 atom stereocenters. The molecule has 7 fully saturated rings. The molecule has 10 aliphatic heterocycles. The van der Waals surface area contributed by atoms with Crippen LogP contribution < -0.4 is 53.2 Å². The highest BCUT2D eigenvalue weighted by molar-refractivity contribution is 8.12. The Morgan fingerprint density at radius 2 is 0.683 bits per heavy atom. The number of thioether (sulfide) groups is 1. The summed E-state index contributed by atoms with van der Waals surface area (Å²) in [6.45, 7) is 102. The van der Waals surface area contributed by atoms with Crippen molar-refractivity contribution in [3.8, 4) is 0 Å². The van der Waals surface area contributed by atoms with Gasteiger partial charge < -0.3 is 71.5 Å². The summed E-state index contributed by atoms with van der Waals surface area (Å²) in [6, 6.07) is -0.424. The van der Waals surface area contributed by atoms with Crippen molar-refractivity contribution in [1.29, 1.82) is 0 Å². The molecule has 0 aliphatic carbocycles. The number of alkyl carbamates (subject to hydrolysis) is 1. The molecule has 0 aromatic rings. The number of hydrogen-bond acceptors (Lipinski definition) is 18. The van der Waals surface area contributed by atoms with Gasteiger partial charge in [0, 0.05) is 110 Å². The highest BCUT2D eigenvalue weighted by Crippen LogP contribution is 2.02. The smallest absolute Gasteiger partial charge is 0.407 e. The number of urea groups is 2. The summed E-state index contributed by atoms with van der Waals surface area (Å²) in [5.74, 6) is 1.07. The number of cyclic esters (lactones) is 1. The number of nitrogens with one attached hydrogen (secondary N) is 10. The van der Waals surface area contributed by atoms with Crippen molar-refractivity contribution in [2.24, 2.45) is 15.0 Å². The maximum absolute atomic E-state index is 10.3. The molecule has 104 heavy (non-hydrogen) atoms. The summed E-state index contributed by atoms with van der Waals surface area (Å²) in [4.78, 5) is 52.7. The molecule has 10 rings (SSSR count). The molecule has 0 aromatic carbocycles. The van der Waals surface area contributed by atoms with Gasteiger partial charge in [-0.3, -0.25) is 25.1 Å². The van der Waals surface area contributed by atoms with E-state index in [1.807, 2.05) is 282 Å². The first-order valence-electron chi connectivity index (χ1n) is 43.1. The third-order valence-electron chi connectivity index (χ3n) is 8.58. The molecule has 10 aliphatic rings. The van der Waals surface area contributed by atoms with Crippen LogP contribution in [-0.2, 0) is 28.5 Å². The summed E-state index contributed by atoms with van der Waals surface area (Å²) in [5.41, 5.74) is 1.93. The van der Waals surface area contributed by atoms with Gasteiger partial charge in [-0.1, -0.05) is 283 Å². The SMILES string of the molecule is C1=NCCCN1.C1=NCCCO1.C1=NCCCS1.C1CCNCC1.C1CNCCN1.C1COCCN1.C1COCCO1.CC.CC.CC.CC.CC.CC.CC.CC.CC.CC.CC.CC.CC.CC.CC.CC.CC.CC.CC.CC.O=C1CCNC(=O)N1.O=C1NCCCN1.O=C1NCCCO1. The third-order valence-corrected chi connectivity index (χ3v) is 9.40. The van der Waals surface area contributed by atoms with Gasteiger partial charge in [-0.05, 0) is 51.6 Å². The molecule has 0 unspecified atom stereocenters. The topological polar surface area (TPSA) is 272 Å². The van der Waals surface area contributed by atoms with Crippen LogP contribution in [0.1, 0.15) is 335 Å². The summed E-state index contributed by atoms with van der Waals surface area (Å²) >= 11 is 1.80. The van der Waals surface area contributed by atoms with E-state index in [0.717, 1.165) is 151 Å². The fourth-order valence-corrected chi connectivity index (χ4v) is 5.79. The normalized spacial score (nSPS) is 14.5. The second-order valence-electron chi connectivity index (χ2n) is 14.2. The highest BCUT2D eigenvalue weighted by atomic mass is 32.2. The van der Waals surface area contributed by atoms with Gasteiger partial charge in [-0.15, -0.1) is 11.8 Å². The van der Waals surface area contributed by atoms with E-state index in [1.54, 1.807) is 18.1 Å². The lowest BCUT2D eigenvalue weighted by atomic mass is 10.2. The molecule has 0 saturated carbocycles. The summed E-state index contributed by atoms with van der Waals surface area (Å²) in [7, 11) is 0. The average Bonchev–Trinajstić information content (AvgIpc) is 1.30. The monoisotopic (exact) mass is 1530 g/mol. The van der Waals surface area contributed by atoms with Gasteiger partial charge in [-0.2, -0.15) is 0 Å². The predicted molar refractivity (Wildman–Crippen MR) is 481 cm³/mol. The molecule has 10 heterocycles. The molecular weight excluding hydrogens is 1330 g/mol. The van der Waals surface area contributed by atoms with Crippen molar-refractivity contribution in [3.05, 3.63) is 0 Å². The zero-order valence-electron chi connectivity index (χ0n) is 78.2. The minimum Gasteiger partial charge on any atom is -0.483 e. The van der Waals surface area contributed by atoms with Crippen molar-refractivity contribution in [1.82, 2.24) is 53.2 Å². The second kappa shape index (κ2) is 232. The molecule has 23 heteroatoms. The van der Waals surface area contributed by atoms with Gasteiger partial charge in [0.1, 0.15) is 0 Å². The van der Waals surface area contributed by atoms with Crippen LogP contribution in [0.5, 0.6) is 0 Å². The number of carbonyl (C=O) groups excluding carboxylic acids is 4. The molecular formula is C81H201N13O9S. The summed E-state index contributed by atoms with van der Waals surface area (Å²) in [6.07, 6.45) is 13.1. The number of aliphatic imine (C=N–C) groups is 3. The number of nitrogens with zero attached hydrogens (tertiary/aromatic N) is 3. The Hall–Kier alpha value is -3.84. The van der Waals surface area contributed by atoms with Crippen LogP contribution >= 0.6 is 11.8 Å². The van der Waals surface area contributed by atoms with Gasteiger partial charge in [-0.25, -0.2) is 14.4 Å². The third kappa shape index (κ3) is 225. The van der Waals surface area contributed by atoms with E-state index in [-0.39, 0.29) is 24.1 Å². The van der Waals surface area contributed by atoms with Gasteiger partial charge in [0.05, 0.1) is 64.7 Å². The van der Waals surface area contributed by atoms with Crippen LogP contribution in [0.15, 0.2) is 15.0 Å². The zero-order chi connectivity index (χ0) is 85.9. The molecule has 6 amide bonds. The van der Waals surface area contributed by atoms with E-state index in [2.05, 4.69) is 72.9 Å². The number of piperazine rings is 1. The standard InChI is InChI=1S/C5H11N.C4H6N2O2.C4H8N2O.C4H10N2.C4H8N2.C4H7NO2.C4H9NO.C4H7NO.C4H7NS.C4H8O2.20C2H6/c1-2-4-6-5-3-1;7-3-1-2-5-4(8)6-3;7-4-5-2-1-3-6-4;1-2-6-4-3-5-1;1-2-5-4-6-3-1;6-4-5-2-1-3-7-4;1-3-6-4-2-5-1;2*1-2-5-4-6-3-1;1-2-6-4-3-5-1;20*1-2/h6H,1-5H2;1-2H2,(H2,5,6,7,8);1-3H2,(H2,5,6,7);5-6H,1-4H2;4H,1-3H2,(H,5,6);1-3H2,(H,5,6);5H,1-4H2;2*4H,1-3H2;1-4H2;20*1-2H3. The Kier molecular flexibility index (Phi) is 342. The number of morpholine rings is 1. The zero-order valence-corrected chi connectivity index (χ0v) is 79.0. The van der Waals surface area contributed by atoms with Crippen molar-refractivity contribution < 1.29 is 42.9 Å². The van der Waals surface area contributed by atoms with Gasteiger partial charge >= 0.3 is 18.2 Å². The fourth-order valence-electron chi connectivity index (χ4n) is 5.18. The first-order chi connectivity index (χ1) is 51.6. The van der Waals surface area contributed by atoms with Gasteiger partial charge in [0.15, 0.2) is 6.40 Å². The minimum absolute atomic E-state index is 0.0359. The van der Waals surface area contributed by atoms with Gasteiger partial charge in [0.2, 0.25) is 5.91 Å². The maximum Gasteiger partial charge on any atom is 0.407 e. The van der Waals surface area contributed by atoms with E-state index in [9.17, 15) is 19.2 Å². The molecule has 0 bridgehead atoms. The fraction of sp³-hybridized carbons (Fsp3) is 0.914. The van der Waals surface area contributed by atoms with Crippen LogP contribution in [0.3, 0.4) is 0 Å². The van der Waals surface area contributed by atoms with E-state index >= 15 is 0 Å². The largest absolute Gasteiger partial charge is 0.483 e. The van der Waals surface area contributed by atoms with Crippen molar-refractivity contribution in [3.63, 3.8) is 0 Å². The lowest BCUT2D eigenvalue weighted by Crippen LogP contribution is -2.46. The number of ether oxygens (including phenoxy) is 5. The Labute approximate surface area is 660 Å². The van der Waals surface area contributed by atoms with Crippen LogP contribution in [-0.4, -0.2) is 206 Å². The molecule has 10 N–H and O–H groups in total. The minimum atomic E-state index is -0.388. The summed E-state index contributed by atoms with van der Waals surface area (Å²) in [5, 5.41) is 28.2. The molecule has 7 saturated heterocycles. The number of piperidine rings is 1. The Morgan fingerprint density at radius 1 is 0.308 bits per heavy atom. The Balaban J connectivity index is -0.0000000398. The molecule has 22 nitrogen and oxygen atoms in total. The number of imide groups is 1. The molecule has 0 spiro atoms. The van der Waals surface area contributed by atoms with Crippen LogP contribution in [0, 0.1) is 0 Å².